The Hall–Kier alpha value is -2.76. The van der Waals surface area contributed by atoms with E-state index in [4.69, 9.17) is 32.4 Å². The Balaban J connectivity index is 1.65. The molecule has 144 valence electrons. The summed E-state index contributed by atoms with van der Waals surface area (Å²) in [6, 6.07) is 16.0. The van der Waals surface area contributed by atoms with E-state index in [-0.39, 0.29) is 5.97 Å². The van der Waals surface area contributed by atoms with Crippen molar-refractivity contribution in [3.63, 3.8) is 0 Å². The second kappa shape index (κ2) is 9.44. The number of hydrazone groups is 1. The van der Waals surface area contributed by atoms with E-state index in [9.17, 15) is 4.79 Å². The lowest BCUT2D eigenvalue weighted by Crippen LogP contribution is -2.06. The van der Waals surface area contributed by atoms with Gasteiger partial charge in [-0.3, -0.25) is 0 Å². The summed E-state index contributed by atoms with van der Waals surface area (Å²) in [7, 11) is 0. The Morgan fingerprint density at radius 1 is 1.14 bits per heavy atom. The molecule has 0 saturated carbocycles. The van der Waals surface area contributed by atoms with Crippen LogP contribution in [0.5, 0.6) is 0 Å². The van der Waals surface area contributed by atoms with E-state index in [1.807, 2.05) is 12.1 Å². The highest BCUT2D eigenvalue weighted by atomic mass is 35.5. The van der Waals surface area contributed by atoms with Crippen molar-refractivity contribution in [1.82, 2.24) is 5.43 Å². The second-order valence-corrected chi connectivity index (χ2v) is 6.61. The molecule has 3 aromatic rings. The molecule has 1 heterocycles. The van der Waals surface area contributed by atoms with Gasteiger partial charge in [0.2, 0.25) is 0 Å². The standard InChI is InChI=1S/C21H18Cl2N2O3/c1-2-27-21(26)15-6-3-5-14(11-15)20-10-9-16(28-20)12-24-25-13-17-18(22)7-4-8-19(17)23/h3-12,25H,2,13H2,1H3/b24-12+. The average Bonchev–Trinajstić information content (AvgIpc) is 3.16. The second-order valence-electron chi connectivity index (χ2n) is 5.80. The number of esters is 1. The maximum absolute atomic E-state index is 11.9. The van der Waals surface area contributed by atoms with Crippen molar-refractivity contribution in [3.8, 4) is 11.3 Å². The molecule has 2 aromatic carbocycles. The van der Waals surface area contributed by atoms with Gasteiger partial charge in [0.1, 0.15) is 11.5 Å². The van der Waals surface area contributed by atoms with Gasteiger partial charge in [-0.15, -0.1) is 0 Å². The molecule has 0 aliphatic rings. The number of furan rings is 1. The van der Waals surface area contributed by atoms with E-state index < -0.39 is 0 Å². The zero-order valence-corrected chi connectivity index (χ0v) is 16.6. The van der Waals surface area contributed by atoms with Crippen molar-refractivity contribution in [2.45, 2.75) is 13.5 Å². The number of rotatable bonds is 7. The van der Waals surface area contributed by atoms with Crippen molar-refractivity contribution in [1.29, 1.82) is 0 Å². The van der Waals surface area contributed by atoms with Crippen LogP contribution in [0.25, 0.3) is 11.3 Å². The molecule has 0 saturated heterocycles. The summed E-state index contributed by atoms with van der Waals surface area (Å²) in [5.74, 6) is 0.830. The number of hydrogen-bond acceptors (Lipinski definition) is 5. The number of ether oxygens (including phenoxy) is 1. The molecule has 7 heteroatoms. The van der Waals surface area contributed by atoms with Crippen molar-refractivity contribution in [3.05, 3.63) is 81.5 Å². The number of halogens is 2. The van der Waals surface area contributed by atoms with Crippen LogP contribution in [0.3, 0.4) is 0 Å². The Labute approximate surface area is 172 Å². The molecule has 0 aliphatic carbocycles. The molecule has 0 unspecified atom stereocenters. The van der Waals surface area contributed by atoms with Gasteiger partial charge in [0, 0.05) is 21.2 Å². The third-order valence-corrected chi connectivity index (χ3v) is 4.59. The number of nitrogens with zero attached hydrogens (tertiary/aromatic N) is 1. The Kier molecular flexibility index (Phi) is 6.74. The van der Waals surface area contributed by atoms with Gasteiger partial charge in [0.25, 0.3) is 0 Å². The minimum atomic E-state index is -0.361. The smallest absolute Gasteiger partial charge is 0.338 e. The molecule has 3 rings (SSSR count). The molecule has 0 spiro atoms. The zero-order valence-electron chi connectivity index (χ0n) is 15.1. The summed E-state index contributed by atoms with van der Waals surface area (Å²) in [5.41, 5.74) is 4.93. The topological polar surface area (TPSA) is 63.8 Å². The highest BCUT2D eigenvalue weighted by Crippen LogP contribution is 2.24. The normalized spacial score (nSPS) is 11.0. The van der Waals surface area contributed by atoms with E-state index in [1.165, 1.54) is 0 Å². The molecule has 1 N–H and O–H groups in total. The summed E-state index contributed by atoms with van der Waals surface area (Å²) in [4.78, 5) is 11.9. The molecule has 0 radical (unpaired) electrons. The first-order valence-electron chi connectivity index (χ1n) is 8.64. The molecular weight excluding hydrogens is 399 g/mol. The van der Waals surface area contributed by atoms with Gasteiger partial charge >= 0.3 is 5.97 Å². The van der Waals surface area contributed by atoms with E-state index in [0.29, 0.717) is 40.3 Å². The largest absolute Gasteiger partial charge is 0.462 e. The maximum atomic E-state index is 11.9. The Bertz CT molecular complexity index is 979. The first-order valence-corrected chi connectivity index (χ1v) is 9.40. The van der Waals surface area contributed by atoms with Crippen molar-refractivity contribution in [2.24, 2.45) is 5.10 Å². The van der Waals surface area contributed by atoms with Gasteiger partial charge < -0.3 is 14.6 Å². The minimum absolute atomic E-state index is 0.330. The fourth-order valence-electron chi connectivity index (χ4n) is 2.53. The highest BCUT2D eigenvalue weighted by molar-refractivity contribution is 6.35. The molecule has 5 nitrogen and oxygen atoms in total. The molecule has 28 heavy (non-hydrogen) atoms. The number of hydrogen-bond donors (Lipinski definition) is 1. The van der Waals surface area contributed by atoms with Gasteiger partial charge in [0.15, 0.2) is 0 Å². The van der Waals surface area contributed by atoms with Crippen LogP contribution in [0.1, 0.15) is 28.6 Å². The average molecular weight is 417 g/mol. The fourth-order valence-corrected chi connectivity index (χ4v) is 3.06. The number of carbonyl (C=O) groups is 1. The summed E-state index contributed by atoms with van der Waals surface area (Å²) in [6.07, 6.45) is 1.56. The van der Waals surface area contributed by atoms with Crippen LogP contribution in [0.4, 0.5) is 0 Å². The van der Waals surface area contributed by atoms with Crippen LogP contribution in [0.15, 0.2) is 64.1 Å². The van der Waals surface area contributed by atoms with Crippen LogP contribution >= 0.6 is 23.2 Å². The molecule has 1 aromatic heterocycles. The van der Waals surface area contributed by atoms with E-state index in [0.717, 1.165) is 11.1 Å². The van der Waals surface area contributed by atoms with E-state index >= 15 is 0 Å². The van der Waals surface area contributed by atoms with Crippen LogP contribution < -0.4 is 5.43 Å². The number of nitrogens with one attached hydrogen (secondary N) is 1. The van der Waals surface area contributed by atoms with Gasteiger partial charge in [-0.05, 0) is 43.3 Å². The molecule has 0 amide bonds. The van der Waals surface area contributed by atoms with Crippen molar-refractivity contribution < 1.29 is 13.9 Å². The molecule has 0 aliphatic heterocycles. The highest BCUT2D eigenvalue weighted by Gasteiger charge is 2.10. The van der Waals surface area contributed by atoms with Crippen LogP contribution in [-0.4, -0.2) is 18.8 Å². The quantitative estimate of drug-likeness (QED) is 0.311. The molecule has 0 bridgehead atoms. The third-order valence-electron chi connectivity index (χ3n) is 3.89. The number of carbonyl (C=O) groups excluding carboxylic acids is 1. The first-order chi connectivity index (χ1) is 13.6. The monoisotopic (exact) mass is 416 g/mol. The van der Waals surface area contributed by atoms with E-state index in [2.05, 4.69) is 10.5 Å². The van der Waals surface area contributed by atoms with Crippen LogP contribution in [0.2, 0.25) is 10.0 Å². The lowest BCUT2D eigenvalue weighted by atomic mass is 10.1. The third kappa shape index (κ3) is 4.94. The first kappa shape index (κ1) is 20.0. The minimum Gasteiger partial charge on any atom is -0.462 e. The summed E-state index contributed by atoms with van der Waals surface area (Å²) >= 11 is 12.2. The zero-order chi connectivity index (χ0) is 19.9. The van der Waals surface area contributed by atoms with Gasteiger partial charge in [0.05, 0.1) is 24.9 Å². The summed E-state index contributed by atoms with van der Waals surface area (Å²) < 4.78 is 10.8. The Morgan fingerprint density at radius 2 is 1.89 bits per heavy atom. The summed E-state index contributed by atoms with van der Waals surface area (Å²) in [6.45, 7) is 2.49. The Morgan fingerprint density at radius 3 is 2.64 bits per heavy atom. The van der Waals surface area contributed by atoms with Gasteiger partial charge in [-0.1, -0.05) is 41.4 Å². The lowest BCUT2D eigenvalue weighted by molar-refractivity contribution is 0.0526. The van der Waals surface area contributed by atoms with Crippen molar-refractivity contribution in [2.75, 3.05) is 6.61 Å². The van der Waals surface area contributed by atoms with Crippen LogP contribution in [-0.2, 0) is 11.3 Å². The molecule has 0 atom stereocenters. The molecule has 0 fully saturated rings. The van der Waals surface area contributed by atoms with Crippen molar-refractivity contribution >= 4 is 35.4 Å². The SMILES string of the molecule is CCOC(=O)c1cccc(-c2ccc(/C=N/NCc3c(Cl)cccc3Cl)o2)c1. The predicted octanol–water partition coefficient (Wildman–Crippen LogP) is 5.55. The molecular formula is C21H18Cl2N2O3. The maximum Gasteiger partial charge on any atom is 0.338 e. The van der Waals surface area contributed by atoms with Gasteiger partial charge in [-0.2, -0.15) is 5.10 Å². The van der Waals surface area contributed by atoms with Gasteiger partial charge in [-0.25, -0.2) is 4.79 Å². The fraction of sp³-hybridized carbons (Fsp3) is 0.143. The summed E-state index contributed by atoms with van der Waals surface area (Å²) in [5, 5.41) is 5.30. The number of benzene rings is 2. The lowest BCUT2D eigenvalue weighted by Gasteiger charge is -2.05. The predicted molar refractivity (Wildman–Crippen MR) is 111 cm³/mol. The van der Waals surface area contributed by atoms with E-state index in [1.54, 1.807) is 55.6 Å². The van der Waals surface area contributed by atoms with Crippen LogP contribution in [0, 0.1) is 0 Å².